The molecule has 16 heavy (non-hydrogen) atoms. The van der Waals surface area contributed by atoms with Gasteiger partial charge in [-0.15, -0.1) is 0 Å². The number of hydrogen-bond donors (Lipinski definition) is 3. The average molecular weight is 218 g/mol. The molecule has 0 unspecified atom stereocenters. The lowest BCUT2D eigenvalue weighted by Crippen LogP contribution is -2.13. The van der Waals surface area contributed by atoms with Crippen molar-refractivity contribution in [3.63, 3.8) is 0 Å². The third-order valence-corrected chi connectivity index (χ3v) is 1.86. The van der Waals surface area contributed by atoms with Crippen LogP contribution < -0.4 is 11.1 Å². The van der Waals surface area contributed by atoms with Crippen LogP contribution >= 0.6 is 0 Å². The van der Waals surface area contributed by atoms with Crippen LogP contribution in [0.15, 0.2) is 24.3 Å². The van der Waals surface area contributed by atoms with E-state index in [9.17, 15) is 9.59 Å². The van der Waals surface area contributed by atoms with E-state index in [4.69, 9.17) is 11.1 Å². The maximum absolute atomic E-state index is 11.2. The Morgan fingerprint density at radius 2 is 2.00 bits per heavy atom. The van der Waals surface area contributed by atoms with Crippen LogP contribution in [0.5, 0.6) is 0 Å². The molecule has 1 aromatic carbocycles. The van der Waals surface area contributed by atoms with Gasteiger partial charge in [-0.25, -0.2) is 0 Å². The number of nitrogen functional groups attached to an aromatic ring is 1. The predicted octanol–water partition coefficient (Wildman–Crippen LogP) is 0.702. The first-order valence-corrected chi connectivity index (χ1v) is 4.66. The second-order valence-corrected chi connectivity index (χ2v) is 3.09. The zero-order valence-electron chi connectivity index (χ0n) is 8.57. The van der Waals surface area contributed by atoms with Gasteiger partial charge in [0.05, 0.1) is 6.42 Å². The molecule has 0 spiro atoms. The van der Waals surface area contributed by atoms with Crippen LogP contribution in [0.25, 0.3) is 0 Å². The van der Waals surface area contributed by atoms with E-state index in [1.165, 1.54) is 6.42 Å². The lowest BCUT2D eigenvalue weighted by Gasteiger charge is -2.04. The molecule has 5 heteroatoms. The zero-order chi connectivity index (χ0) is 12.0. The van der Waals surface area contributed by atoms with Crippen LogP contribution in [0, 0.1) is 11.8 Å². The number of nitrogens with one attached hydrogen (secondary N) is 2. The number of amides is 1. The summed E-state index contributed by atoms with van der Waals surface area (Å²) in [5, 5.41) is 9.76. The minimum atomic E-state index is -0.331. The molecule has 1 rings (SSSR count). The van der Waals surface area contributed by atoms with Gasteiger partial charge in [-0.05, 0) is 24.3 Å². The van der Waals surface area contributed by atoms with E-state index in [0.29, 0.717) is 17.5 Å². The fraction of sp³-hybridized carbons (Fsp3) is 0.0909. The molecule has 0 atom stereocenters. The SMILES string of the molecule is N=C(N)c1ccc(NC(=O)[CH]CC=O)cc1. The van der Waals surface area contributed by atoms with Crippen LogP contribution in [-0.4, -0.2) is 18.0 Å². The summed E-state index contributed by atoms with van der Waals surface area (Å²) in [5.74, 6) is -0.354. The lowest BCUT2D eigenvalue weighted by atomic mass is 10.2. The summed E-state index contributed by atoms with van der Waals surface area (Å²) in [5.41, 5.74) is 6.47. The summed E-state index contributed by atoms with van der Waals surface area (Å²) in [6.45, 7) is 0. The van der Waals surface area contributed by atoms with Gasteiger partial charge < -0.3 is 15.8 Å². The number of aldehydes is 1. The van der Waals surface area contributed by atoms with Crippen molar-refractivity contribution >= 4 is 23.7 Å². The van der Waals surface area contributed by atoms with Crippen molar-refractivity contribution in [3.05, 3.63) is 36.2 Å². The van der Waals surface area contributed by atoms with E-state index in [1.54, 1.807) is 24.3 Å². The Labute approximate surface area is 93.2 Å². The van der Waals surface area contributed by atoms with Crippen molar-refractivity contribution < 1.29 is 9.59 Å². The largest absolute Gasteiger partial charge is 0.384 e. The zero-order valence-corrected chi connectivity index (χ0v) is 8.57. The quantitative estimate of drug-likeness (QED) is 0.385. The van der Waals surface area contributed by atoms with E-state index < -0.39 is 0 Å². The van der Waals surface area contributed by atoms with Gasteiger partial charge in [0.15, 0.2) is 0 Å². The average Bonchev–Trinajstić information content (AvgIpc) is 2.27. The lowest BCUT2D eigenvalue weighted by molar-refractivity contribution is -0.115. The second-order valence-electron chi connectivity index (χ2n) is 3.09. The Balaban J connectivity index is 2.58. The monoisotopic (exact) mass is 218 g/mol. The summed E-state index contributed by atoms with van der Waals surface area (Å²) in [7, 11) is 0. The second kappa shape index (κ2) is 5.65. The molecule has 1 amide bonds. The molecular formula is C11H12N3O2. The van der Waals surface area contributed by atoms with E-state index in [2.05, 4.69) is 5.32 Å². The van der Waals surface area contributed by atoms with Gasteiger partial charge in [0.1, 0.15) is 12.1 Å². The molecule has 0 aliphatic carbocycles. The van der Waals surface area contributed by atoms with Gasteiger partial charge in [0.2, 0.25) is 5.91 Å². The van der Waals surface area contributed by atoms with Crippen LogP contribution in [0.3, 0.4) is 0 Å². The van der Waals surface area contributed by atoms with Crippen molar-refractivity contribution in [1.29, 1.82) is 5.41 Å². The van der Waals surface area contributed by atoms with Crippen LogP contribution in [0.2, 0.25) is 0 Å². The number of carbonyl (C=O) groups is 2. The molecule has 0 aliphatic rings. The van der Waals surface area contributed by atoms with Gasteiger partial charge in [-0.1, -0.05) is 0 Å². The number of benzene rings is 1. The first-order chi connectivity index (χ1) is 7.63. The highest BCUT2D eigenvalue weighted by atomic mass is 16.1. The fourth-order valence-corrected chi connectivity index (χ4v) is 1.08. The minimum absolute atomic E-state index is 0.0228. The molecule has 83 valence electrons. The molecule has 5 nitrogen and oxygen atoms in total. The number of nitrogens with two attached hydrogens (primary N) is 1. The Morgan fingerprint density at radius 3 is 2.50 bits per heavy atom. The Bertz CT molecular complexity index is 398. The van der Waals surface area contributed by atoms with E-state index in [0.717, 1.165) is 0 Å². The first-order valence-electron chi connectivity index (χ1n) is 4.66. The van der Waals surface area contributed by atoms with Crippen LogP contribution in [0.1, 0.15) is 12.0 Å². The predicted molar refractivity (Wildman–Crippen MR) is 61.1 cm³/mol. The normalized spacial score (nSPS) is 9.50. The minimum Gasteiger partial charge on any atom is -0.384 e. The van der Waals surface area contributed by atoms with Gasteiger partial charge in [0.25, 0.3) is 0 Å². The first kappa shape index (κ1) is 11.9. The molecule has 4 N–H and O–H groups in total. The highest BCUT2D eigenvalue weighted by molar-refractivity contribution is 5.99. The van der Waals surface area contributed by atoms with Crippen molar-refractivity contribution in [2.75, 3.05) is 5.32 Å². The van der Waals surface area contributed by atoms with Crippen molar-refractivity contribution in [1.82, 2.24) is 0 Å². The third kappa shape index (κ3) is 3.53. The molecular weight excluding hydrogens is 206 g/mol. The van der Waals surface area contributed by atoms with E-state index in [1.807, 2.05) is 0 Å². The topological polar surface area (TPSA) is 96.0 Å². The Morgan fingerprint density at radius 1 is 1.38 bits per heavy atom. The number of carbonyl (C=O) groups excluding carboxylic acids is 2. The molecule has 0 aromatic heterocycles. The number of anilines is 1. The van der Waals surface area contributed by atoms with Gasteiger partial charge in [0, 0.05) is 17.7 Å². The molecule has 0 heterocycles. The van der Waals surface area contributed by atoms with Gasteiger partial charge in [-0.3, -0.25) is 10.2 Å². The maximum Gasteiger partial charge on any atom is 0.228 e. The highest BCUT2D eigenvalue weighted by Gasteiger charge is 2.02. The summed E-state index contributed by atoms with van der Waals surface area (Å²) in [6, 6.07) is 6.56. The van der Waals surface area contributed by atoms with Crippen molar-refractivity contribution in [2.45, 2.75) is 6.42 Å². The number of amidine groups is 1. The van der Waals surface area contributed by atoms with Crippen molar-refractivity contribution in [3.8, 4) is 0 Å². The summed E-state index contributed by atoms with van der Waals surface area (Å²) < 4.78 is 0. The highest BCUT2D eigenvalue weighted by Crippen LogP contribution is 2.09. The number of rotatable bonds is 5. The summed E-state index contributed by atoms with van der Waals surface area (Å²) in [4.78, 5) is 21.2. The van der Waals surface area contributed by atoms with E-state index >= 15 is 0 Å². The Hall–Kier alpha value is -2.17. The van der Waals surface area contributed by atoms with Gasteiger partial charge in [-0.2, -0.15) is 0 Å². The molecule has 0 aliphatic heterocycles. The smallest absolute Gasteiger partial charge is 0.228 e. The van der Waals surface area contributed by atoms with Crippen LogP contribution in [0.4, 0.5) is 5.69 Å². The standard InChI is InChI=1S/C11H12N3O2/c12-11(13)8-3-5-9(6-4-8)14-10(16)2-1-7-15/h2-7H,1H2,(H3,12,13)(H,14,16). The molecule has 0 saturated carbocycles. The van der Waals surface area contributed by atoms with Crippen LogP contribution in [-0.2, 0) is 9.59 Å². The number of hydrogen-bond acceptors (Lipinski definition) is 3. The molecule has 1 aromatic rings. The molecule has 1 radical (unpaired) electrons. The molecule has 0 bridgehead atoms. The molecule has 0 fully saturated rings. The maximum atomic E-state index is 11.2. The fourth-order valence-electron chi connectivity index (χ4n) is 1.08. The summed E-state index contributed by atoms with van der Waals surface area (Å²) >= 11 is 0. The molecule has 0 saturated heterocycles. The van der Waals surface area contributed by atoms with Gasteiger partial charge >= 0.3 is 0 Å². The summed E-state index contributed by atoms with van der Waals surface area (Å²) in [6.07, 6.45) is 2.00. The van der Waals surface area contributed by atoms with E-state index in [-0.39, 0.29) is 18.2 Å². The van der Waals surface area contributed by atoms with Crippen molar-refractivity contribution in [2.24, 2.45) is 5.73 Å². The Kier molecular flexibility index (Phi) is 4.20. The third-order valence-electron chi connectivity index (χ3n) is 1.86.